The van der Waals surface area contributed by atoms with Gasteiger partial charge < -0.3 is 19.4 Å². The highest BCUT2D eigenvalue weighted by atomic mass is 16.6. The minimum absolute atomic E-state index is 0.0363. The summed E-state index contributed by atoms with van der Waals surface area (Å²) in [7, 11) is 0. The number of ether oxygens (including phenoxy) is 1. The Morgan fingerprint density at radius 1 is 0.970 bits per heavy atom. The normalized spacial score (nSPS) is 14.1. The van der Waals surface area contributed by atoms with Crippen molar-refractivity contribution in [3.05, 3.63) is 93.9 Å². The van der Waals surface area contributed by atoms with Gasteiger partial charge in [-0.2, -0.15) is 0 Å². The van der Waals surface area contributed by atoms with E-state index in [1.165, 1.54) is 12.1 Å². The van der Waals surface area contributed by atoms with Crippen molar-refractivity contribution in [1.82, 2.24) is 10.2 Å². The van der Waals surface area contributed by atoms with Gasteiger partial charge in [-0.1, -0.05) is 30.3 Å². The SMILES string of the molecule is O=C(N/C(=C\c1ccc(-c2ccccc2[N+](=O)[O-])o1)C(=O)N1CCOCC1)c1ccccc1. The van der Waals surface area contributed by atoms with Crippen molar-refractivity contribution in [3.63, 3.8) is 0 Å². The summed E-state index contributed by atoms with van der Waals surface area (Å²) in [6, 6.07) is 17.9. The number of carbonyl (C=O) groups is 2. The Hall–Kier alpha value is -4.24. The summed E-state index contributed by atoms with van der Waals surface area (Å²) < 4.78 is 11.1. The molecule has 0 bridgehead atoms. The first-order valence-corrected chi connectivity index (χ1v) is 10.3. The summed E-state index contributed by atoms with van der Waals surface area (Å²) in [6.07, 6.45) is 1.43. The van der Waals surface area contributed by atoms with Crippen LogP contribution in [-0.4, -0.2) is 47.9 Å². The number of nitro groups is 1. The quantitative estimate of drug-likeness (QED) is 0.351. The highest BCUT2D eigenvalue weighted by Gasteiger charge is 2.24. The second kappa shape index (κ2) is 9.92. The Kier molecular flexibility index (Phi) is 6.61. The molecule has 2 heterocycles. The third kappa shape index (κ3) is 5.16. The first-order chi connectivity index (χ1) is 16.0. The van der Waals surface area contributed by atoms with E-state index in [0.717, 1.165) is 0 Å². The Morgan fingerprint density at radius 2 is 1.67 bits per heavy atom. The lowest BCUT2D eigenvalue weighted by Gasteiger charge is -2.27. The molecule has 3 aromatic rings. The van der Waals surface area contributed by atoms with Gasteiger partial charge in [0, 0.05) is 30.8 Å². The Bertz CT molecular complexity index is 1200. The van der Waals surface area contributed by atoms with Crippen LogP contribution in [-0.2, 0) is 9.53 Å². The van der Waals surface area contributed by atoms with E-state index in [1.807, 2.05) is 0 Å². The number of nitrogens with zero attached hydrogens (tertiary/aromatic N) is 2. The maximum Gasteiger partial charge on any atom is 0.280 e. The summed E-state index contributed by atoms with van der Waals surface area (Å²) in [4.78, 5) is 38.3. The number of hydrogen-bond donors (Lipinski definition) is 1. The van der Waals surface area contributed by atoms with Crippen LogP contribution >= 0.6 is 0 Å². The van der Waals surface area contributed by atoms with E-state index in [4.69, 9.17) is 9.15 Å². The molecule has 33 heavy (non-hydrogen) atoms. The molecule has 0 radical (unpaired) electrons. The first kappa shape index (κ1) is 22.0. The number of hydrogen-bond acceptors (Lipinski definition) is 6. The highest BCUT2D eigenvalue weighted by Crippen LogP contribution is 2.31. The van der Waals surface area contributed by atoms with Crippen molar-refractivity contribution >= 4 is 23.6 Å². The van der Waals surface area contributed by atoms with Crippen LogP contribution in [0.2, 0.25) is 0 Å². The molecule has 0 spiro atoms. The van der Waals surface area contributed by atoms with E-state index < -0.39 is 10.8 Å². The minimum Gasteiger partial charge on any atom is -0.456 e. The number of para-hydroxylation sites is 1. The van der Waals surface area contributed by atoms with E-state index in [-0.39, 0.29) is 28.8 Å². The van der Waals surface area contributed by atoms with Crippen LogP contribution in [0.15, 0.2) is 76.8 Å². The fourth-order valence-corrected chi connectivity index (χ4v) is 3.43. The number of amides is 2. The van der Waals surface area contributed by atoms with Gasteiger partial charge in [0.2, 0.25) is 0 Å². The summed E-state index contributed by atoms with van der Waals surface area (Å²) in [5.41, 5.74) is 0.660. The molecular weight excluding hydrogens is 426 g/mol. The van der Waals surface area contributed by atoms with E-state index in [1.54, 1.807) is 65.6 Å². The zero-order valence-electron chi connectivity index (χ0n) is 17.6. The van der Waals surface area contributed by atoms with E-state index in [2.05, 4.69) is 5.32 Å². The molecule has 9 heteroatoms. The predicted octanol–water partition coefficient (Wildman–Crippen LogP) is 3.48. The Balaban J connectivity index is 1.65. The van der Waals surface area contributed by atoms with Gasteiger partial charge in [-0.25, -0.2) is 0 Å². The van der Waals surface area contributed by atoms with Gasteiger partial charge in [0.15, 0.2) is 0 Å². The van der Waals surface area contributed by atoms with Crippen LogP contribution < -0.4 is 5.32 Å². The van der Waals surface area contributed by atoms with Crippen molar-refractivity contribution in [2.45, 2.75) is 0 Å². The molecule has 0 aliphatic carbocycles. The molecular formula is C24H21N3O6. The number of rotatable bonds is 6. The summed E-state index contributed by atoms with van der Waals surface area (Å²) in [6.45, 7) is 1.62. The van der Waals surface area contributed by atoms with Crippen LogP contribution in [0.25, 0.3) is 17.4 Å². The van der Waals surface area contributed by atoms with Crippen molar-refractivity contribution in [1.29, 1.82) is 0 Å². The van der Waals surface area contributed by atoms with Gasteiger partial charge in [-0.15, -0.1) is 0 Å². The molecule has 1 N–H and O–H groups in total. The number of carbonyl (C=O) groups excluding carboxylic acids is 2. The average molecular weight is 447 g/mol. The zero-order valence-corrected chi connectivity index (χ0v) is 17.6. The lowest BCUT2D eigenvalue weighted by molar-refractivity contribution is -0.384. The molecule has 1 aliphatic rings. The fourth-order valence-electron chi connectivity index (χ4n) is 3.43. The summed E-state index contributed by atoms with van der Waals surface area (Å²) >= 11 is 0. The summed E-state index contributed by atoms with van der Waals surface area (Å²) in [5.74, 6) is -0.255. The molecule has 0 saturated carbocycles. The number of nitrogens with one attached hydrogen (secondary N) is 1. The molecule has 0 unspecified atom stereocenters. The van der Waals surface area contributed by atoms with Gasteiger partial charge in [-0.3, -0.25) is 19.7 Å². The number of morpholine rings is 1. The topological polar surface area (TPSA) is 115 Å². The molecule has 0 atom stereocenters. The van der Waals surface area contributed by atoms with Gasteiger partial charge >= 0.3 is 0 Å². The first-order valence-electron chi connectivity index (χ1n) is 10.3. The zero-order chi connectivity index (χ0) is 23.2. The molecule has 168 valence electrons. The van der Waals surface area contributed by atoms with Crippen LogP contribution in [0, 0.1) is 10.1 Å². The van der Waals surface area contributed by atoms with Gasteiger partial charge in [0.05, 0.1) is 23.7 Å². The smallest absolute Gasteiger partial charge is 0.280 e. The molecule has 2 aromatic carbocycles. The van der Waals surface area contributed by atoms with Gasteiger partial charge in [0.25, 0.3) is 17.5 Å². The lowest BCUT2D eigenvalue weighted by Crippen LogP contribution is -2.44. The fraction of sp³-hybridized carbons (Fsp3) is 0.167. The van der Waals surface area contributed by atoms with Crippen LogP contribution in [0.3, 0.4) is 0 Å². The lowest BCUT2D eigenvalue weighted by atomic mass is 10.1. The van der Waals surface area contributed by atoms with Crippen molar-refractivity contribution in [2.75, 3.05) is 26.3 Å². The molecule has 1 aromatic heterocycles. The van der Waals surface area contributed by atoms with E-state index >= 15 is 0 Å². The monoisotopic (exact) mass is 447 g/mol. The predicted molar refractivity (Wildman–Crippen MR) is 120 cm³/mol. The number of benzene rings is 2. The summed E-state index contributed by atoms with van der Waals surface area (Å²) in [5, 5.41) is 14.0. The minimum atomic E-state index is -0.485. The molecule has 1 aliphatic heterocycles. The van der Waals surface area contributed by atoms with E-state index in [0.29, 0.717) is 37.4 Å². The van der Waals surface area contributed by atoms with Crippen LogP contribution in [0.4, 0.5) is 5.69 Å². The van der Waals surface area contributed by atoms with Crippen molar-refractivity contribution in [2.24, 2.45) is 0 Å². The maximum absolute atomic E-state index is 13.1. The number of nitro benzene ring substituents is 1. The second-order valence-electron chi connectivity index (χ2n) is 7.26. The standard InChI is InChI=1S/C24H21N3O6/c28-23(17-6-2-1-3-7-17)25-20(24(29)26-12-14-32-15-13-26)16-18-10-11-22(33-18)19-8-4-5-9-21(19)27(30)31/h1-11,16H,12-15H2,(H,25,28)/b20-16-. The Morgan fingerprint density at radius 3 is 2.39 bits per heavy atom. The molecule has 1 fully saturated rings. The average Bonchev–Trinajstić information content (AvgIpc) is 3.32. The largest absolute Gasteiger partial charge is 0.456 e. The highest BCUT2D eigenvalue weighted by molar-refractivity contribution is 6.05. The third-order valence-corrected chi connectivity index (χ3v) is 5.09. The Labute approximate surface area is 189 Å². The molecule has 9 nitrogen and oxygen atoms in total. The van der Waals surface area contributed by atoms with Crippen molar-refractivity contribution in [3.8, 4) is 11.3 Å². The molecule has 4 rings (SSSR count). The maximum atomic E-state index is 13.1. The van der Waals surface area contributed by atoms with Crippen LogP contribution in [0.5, 0.6) is 0 Å². The van der Waals surface area contributed by atoms with E-state index in [9.17, 15) is 19.7 Å². The second-order valence-corrected chi connectivity index (χ2v) is 7.26. The third-order valence-electron chi connectivity index (χ3n) is 5.09. The molecule has 1 saturated heterocycles. The van der Waals surface area contributed by atoms with Gasteiger partial charge in [0.1, 0.15) is 17.2 Å². The van der Waals surface area contributed by atoms with Crippen LogP contribution in [0.1, 0.15) is 16.1 Å². The van der Waals surface area contributed by atoms with Gasteiger partial charge in [-0.05, 0) is 30.3 Å². The molecule has 2 amide bonds. The van der Waals surface area contributed by atoms with Crippen molar-refractivity contribution < 1.29 is 23.7 Å². The number of furan rings is 1.